The van der Waals surface area contributed by atoms with Crippen molar-refractivity contribution in [1.82, 2.24) is 5.32 Å². The number of hydrogen-bond donors (Lipinski definition) is 3. The average molecular weight is 386 g/mol. The van der Waals surface area contributed by atoms with Crippen molar-refractivity contribution in [3.05, 3.63) is 0 Å². The Labute approximate surface area is 168 Å². The van der Waals surface area contributed by atoms with Crippen LogP contribution in [0.15, 0.2) is 0 Å². The highest BCUT2D eigenvalue weighted by atomic mass is 16.3. The molecule has 27 heavy (non-hydrogen) atoms. The van der Waals surface area contributed by atoms with E-state index in [4.69, 9.17) is 0 Å². The van der Waals surface area contributed by atoms with Gasteiger partial charge in [0.25, 0.3) is 0 Å². The van der Waals surface area contributed by atoms with E-state index in [1.165, 1.54) is 83.5 Å². The summed E-state index contributed by atoms with van der Waals surface area (Å²) in [6.07, 6.45) is 20.2. The molecule has 0 aromatic rings. The molecule has 0 aliphatic rings. The van der Waals surface area contributed by atoms with Crippen molar-refractivity contribution in [2.75, 3.05) is 6.61 Å². The van der Waals surface area contributed by atoms with Gasteiger partial charge in [0.15, 0.2) is 0 Å². The fraction of sp³-hybridized carbons (Fsp3) is 0.957. The van der Waals surface area contributed by atoms with Crippen LogP contribution >= 0.6 is 0 Å². The molecule has 3 N–H and O–H groups in total. The van der Waals surface area contributed by atoms with Gasteiger partial charge in [-0.3, -0.25) is 4.79 Å². The number of rotatable bonds is 20. The van der Waals surface area contributed by atoms with Crippen molar-refractivity contribution < 1.29 is 15.0 Å². The fourth-order valence-electron chi connectivity index (χ4n) is 3.50. The number of aliphatic hydroxyl groups excluding tert-OH is 2. The molecule has 0 radical (unpaired) electrons. The Morgan fingerprint density at radius 1 is 0.741 bits per heavy atom. The first-order valence-corrected chi connectivity index (χ1v) is 11.7. The second kappa shape index (κ2) is 20.1. The van der Waals surface area contributed by atoms with E-state index in [2.05, 4.69) is 12.2 Å². The van der Waals surface area contributed by atoms with Crippen LogP contribution in [0.25, 0.3) is 0 Å². The molecular formula is C23H47NO3. The lowest BCUT2D eigenvalue weighted by atomic mass is 10.0. The van der Waals surface area contributed by atoms with Gasteiger partial charge in [-0.25, -0.2) is 0 Å². The number of unbranched alkanes of at least 4 members (excludes halogenated alkanes) is 14. The molecule has 0 heterocycles. The highest BCUT2D eigenvalue weighted by Crippen LogP contribution is 2.14. The van der Waals surface area contributed by atoms with Crippen molar-refractivity contribution in [1.29, 1.82) is 0 Å². The lowest BCUT2D eigenvalue weighted by molar-refractivity contribution is -0.122. The zero-order chi connectivity index (χ0) is 20.2. The topological polar surface area (TPSA) is 69.6 Å². The van der Waals surface area contributed by atoms with E-state index in [1.54, 1.807) is 6.92 Å². The van der Waals surface area contributed by atoms with Gasteiger partial charge >= 0.3 is 0 Å². The number of carbonyl (C=O) groups is 1. The Balaban J connectivity index is 3.35. The smallest absolute Gasteiger partial charge is 0.220 e. The summed E-state index contributed by atoms with van der Waals surface area (Å²) in [4.78, 5) is 11.4. The van der Waals surface area contributed by atoms with Crippen molar-refractivity contribution in [2.45, 2.75) is 135 Å². The van der Waals surface area contributed by atoms with E-state index in [1.807, 2.05) is 0 Å². The predicted molar refractivity (Wildman–Crippen MR) is 115 cm³/mol. The van der Waals surface area contributed by atoms with Gasteiger partial charge in [0.2, 0.25) is 5.91 Å². The van der Waals surface area contributed by atoms with Gasteiger partial charge < -0.3 is 15.5 Å². The molecule has 0 bridgehead atoms. The maximum Gasteiger partial charge on any atom is 0.220 e. The fourth-order valence-corrected chi connectivity index (χ4v) is 3.50. The molecule has 0 rings (SSSR count). The minimum absolute atomic E-state index is 0.121. The highest BCUT2D eigenvalue weighted by Gasteiger charge is 2.19. The van der Waals surface area contributed by atoms with E-state index in [-0.39, 0.29) is 12.5 Å². The Morgan fingerprint density at radius 3 is 1.52 bits per heavy atom. The summed E-state index contributed by atoms with van der Waals surface area (Å²) < 4.78 is 0. The van der Waals surface area contributed by atoms with E-state index in [9.17, 15) is 15.0 Å². The third-order valence-corrected chi connectivity index (χ3v) is 5.43. The van der Waals surface area contributed by atoms with Crippen molar-refractivity contribution in [2.24, 2.45) is 0 Å². The average Bonchev–Trinajstić information content (AvgIpc) is 2.68. The molecule has 2 atom stereocenters. The number of carbonyl (C=O) groups excluding carboxylic acids is 1. The summed E-state index contributed by atoms with van der Waals surface area (Å²) in [6, 6.07) is -0.524. The van der Waals surface area contributed by atoms with Crippen LogP contribution in [0.1, 0.15) is 123 Å². The van der Waals surface area contributed by atoms with Crippen LogP contribution in [-0.4, -0.2) is 34.9 Å². The summed E-state index contributed by atoms with van der Waals surface area (Å²) in [7, 11) is 0. The number of amides is 1. The van der Waals surface area contributed by atoms with Gasteiger partial charge in [0.05, 0.1) is 18.8 Å². The second-order valence-electron chi connectivity index (χ2n) is 8.02. The largest absolute Gasteiger partial charge is 0.394 e. The van der Waals surface area contributed by atoms with Gasteiger partial charge in [-0.1, -0.05) is 110 Å². The third kappa shape index (κ3) is 17.2. The number of hydrogen-bond acceptors (Lipinski definition) is 3. The Hall–Kier alpha value is -0.610. The Kier molecular flexibility index (Phi) is 19.7. The van der Waals surface area contributed by atoms with Crippen LogP contribution in [0.4, 0.5) is 0 Å². The molecule has 2 unspecified atom stereocenters. The Bertz CT molecular complexity index is 323. The maximum absolute atomic E-state index is 11.4. The molecule has 0 aliphatic carbocycles. The van der Waals surface area contributed by atoms with E-state index in [0.717, 1.165) is 12.8 Å². The summed E-state index contributed by atoms with van der Waals surface area (Å²) in [6.45, 7) is 3.84. The zero-order valence-electron chi connectivity index (χ0n) is 18.2. The van der Waals surface area contributed by atoms with E-state index < -0.39 is 12.1 Å². The summed E-state index contributed by atoms with van der Waals surface area (Å²) >= 11 is 0. The van der Waals surface area contributed by atoms with Crippen LogP contribution in [0.3, 0.4) is 0 Å². The summed E-state index contributed by atoms with van der Waals surface area (Å²) in [5, 5.41) is 22.1. The molecule has 0 aliphatic heterocycles. The summed E-state index contributed by atoms with van der Waals surface area (Å²) in [5.74, 6) is -0.121. The summed E-state index contributed by atoms with van der Waals surface area (Å²) in [5.41, 5.74) is 0. The van der Waals surface area contributed by atoms with Crippen molar-refractivity contribution in [3.63, 3.8) is 0 Å². The van der Waals surface area contributed by atoms with Gasteiger partial charge in [-0.15, -0.1) is 0 Å². The van der Waals surface area contributed by atoms with Gasteiger partial charge in [0, 0.05) is 6.42 Å². The molecular weight excluding hydrogens is 338 g/mol. The molecule has 1 amide bonds. The monoisotopic (exact) mass is 385 g/mol. The first-order chi connectivity index (χ1) is 13.2. The quantitative estimate of drug-likeness (QED) is 0.242. The molecule has 4 heteroatoms. The number of aliphatic hydroxyl groups is 2. The number of nitrogens with one attached hydrogen (secondary N) is 1. The van der Waals surface area contributed by atoms with Crippen molar-refractivity contribution >= 4 is 5.91 Å². The van der Waals surface area contributed by atoms with E-state index in [0.29, 0.717) is 12.8 Å². The van der Waals surface area contributed by atoms with Gasteiger partial charge in [-0.05, 0) is 6.42 Å². The third-order valence-electron chi connectivity index (χ3n) is 5.43. The highest BCUT2D eigenvalue weighted by molar-refractivity contribution is 5.75. The van der Waals surface area contributed by atoms with Crippen LogP contribution in [0.2, 0.25) is 0 Å². The van der Waals surface area contributed by atoms with Crippen LogP contribution in [-0.2, 0) is 4.79 Å². The lowest BCUT2D eigenvalue weighted by Crippen LogP contribution is -2.45. The van der Waals surface area contributed by atoms with Crippen LogP contribution < -0.4 is 5.32 Å². The molecule has 0 aromatic heterocycles. The predicted octanol–water partition coefficient (Wildman–Crippen LogP) is 5.50. The Morgan fingerprint density at radius 2 is 1.15 bits per heavy atom. The van der Waals surface area contributed by atoms with Gasteiger partial charge in [0.1, 0.15) is 0 Å². The molecule has 0 fully saturated rings. The molecule has 162 valence electrons. The van der Waals surface area contributed by atoms with Crippen LogP contribution in [0.5, 0.6) is 0 Å². The molecule has 0 saturated heterocycles. The maximum atomic E-state index is 11.4. The van der Waals surface area contributed by atoms with Crippen LogP contribution in [0, 0.1) is 0 Å². The second-order valence-corrected chi connectivity index (χ2v) is 8.02. The molecule has 0 saturated carbocycles. The van der Waals surface area contributed by atoms with Crippen molar-refractivity contribution in [3.8, 4) is 0 Å². The first-order valence-electron chi connectivity index (χ1n) is 11.7. The zero-order valence-corrected chi connectivity index (χ0v) is 18.2. The van der Waals surface area contributed by atoms with Gasteiger partial charge in [-0.2, -0.15) is 0 Å². The lowest BCUT2D eigenvalue weighted by Gasteiger charge is -2.22. The SMILES string of the molecule is CCCCCCCCCCCCCCCCCC(O)C(CO)NC(=O)CC. The molecule has 4 nitrogen and oxygen atoms in total. The molecule has 0 aromatic carbocycles. The first kappa shape index (κ1) is 26.4. The molecule has 0 spiro atoms. The standard InChI is InChI=1S/C23H47NO3/c1-3-5-6-7-8-9-10-11-12-13-14-15-16-17-18-19-22(26)21(20-25)24-23(27)4-2/h21-22,25-26H,3-20H2,1-2H3,(H,24,27). The minimum atomic E-state index is -0.646. The van der Waals surface area contributed by atoms with E-state index >= 15 is 0 Å². The minimum Gasteiger partial charge on any atom is -0.394 e. The normalized spacial score (nSPS) is 13.5.